The first-order valence-corrected chi connectivity index (χ1v) is 14.9. The molecular weight excluding hydrogens is 503 g/mol. The number of benzene rings is 2. The summed E-state index contributed by atoms with van der Waals surface area (Å²) in [4.78, 5) is 6.75. The maximum absolute atomic E-state index is 8.49. The van der Waals surface area contributed by atoms with Crippen molar-refractivity contribution in [3.8, 4) is 0 Å². The van der Waals surface area contributed by atoms with Crippen LogP contribution in [0.5, 0.6) is 0 Å². The van der Waals surface area contributed by atoms with Crippen molar-refractivity contribution in [2.45, 2.75) is 68.6 Å². The summed E-state index contributed by atoms with van der Waals surface area (Å²) in [5.74, 6) is 0. The van der Waals surface area contributed by atoms with Crippen LogP contribution in [0.25, 0.3) is 0 Å². The van der Waals surface area contributed by atoms with Gasteiger partial charge in [0.2, 0.25) is 19.6 Å². The topological polar surface area (TPSA) is 184 Å². The SMILES string of the molecule is [O-][Cl+3]([O-])([O-])[O-].[O-][Cl+3]([O-])([O-])[O-].c1ccc2c(c1)[S+]1c3ccccc3[S+]2[C@H]2CCCCCC[C@H]21. The molecule has 1 fully saturated rings. The zero-order chi connectivity index (χ0) is 23.5. The average Bonchev–Trinajstić information content (AvgIpc) is 2.65. The van der Waals surface area contributed by atoms with Crippen molar-refractivity contribution >= 4 is 21.8 Å². The Morgan fingerprint density at radius 1 is 0.500 bits per heavy atom. The largest absolute Gasteiger partial charge is 0.222 e. The van der Waals surface area contributed by atoms with Crippen molar-refractivity contribution in [2.75, 3.05) is 0 Å². The summed E-state index contributed by atoms with van der Waals surface area (Å²) >= 11 is 0. The molecule has 0 radical (unpaired) electrons. The van der Waals surface area contributed by atoms with Crippen molar-refractivity contribution in [1.82, 2.24) is 0 Å². The van der Waals surface area contributed by atoms with Crippen molar-refractivity contribution in [1.29, 1.82) is 0 Å². The van der Waals surface area contributed by atoms with Crippen molar-refractivity contribution in [2.24, 2.45) is 0 Å². The fraction of sp³-hybridized carbons (Fsp3) is 0.400. The standard InChI is InChI=1S/C20H22S2.2ClHO4/c1-2-4-10-16-15(9-3-1)21-17-11-5-7-13-19(17)22(16)20-14-8-6-12-18(20)21;2*2-1(3,4)5/h5-8,11-16H,1-4,9-10H2;2*(H,2,3,4,5)/q+2;;/p-2/t15-,16+,21?,22?;;. The molecule has 176 valence electrons. The molecule has 0 saturated heterocycles. The molecule has 4 aliphatic rings. The first-order valence-electron chi connectivity index (χ1n) is 9.83. The Labute approximate surface area is 196 Å². The third-order valence-electron chi connectivity index (χ3n) is 5.39. The third-order valence-corrected chi connectivity index (χ3v) is 11.5. The van der Waals surface area contributed by atoms with Gasteiger partial charge in [-0.3, -0.25) is 0 Å². The van der Waals surface area contributed by atoms with E-state index in [0.717, 1.165) is 10.5 Å². The fourth-order valence-corrected chi connectivity index (χ4v) is 11.7. The molecule has 0 unspecified atom stereocenters. The Hall–Kier alpha value is -0.600. The predicted octanol–water partition coefficient (Wildman–Crippen LogP) is -4.33. The second kappa shape index (κ2) is 10.8. The van der Waals surface area contributed by atoms with Crippen molar-refractivity contribution < 1.29 is 57.8 Å². The number of hydrogen-bond acceptors (Lipinski definition) is 8. The highest BCUT2D eigenvalue weighted by atomic mass is 35.7. The van der Waals surface area contributed by atoms with Crippen LogP contribution in [0.3, 0.4) is 0 Å². The first-order chi connectivity index (χ1) is 14.9. The summed E-state index contributed by atoms with van der Waals surface area (Å²) in [5.41, 5.74) is 0. The quantitative estimate of drug-likeness (QED) is 0.309. The smallest absolute Gasteiger partial charge is 0.216 e. The van der Waals surface area contributed by atoms with Gasteiger partial charge in [0.15, 0.2) is 10.5 Å². The van der Waals surface area contributed by atoms with E-state index in [4.69, 9.17) is 37.3 Å². The van der Waals surface area contributed by atoms with E-state index >= 15 is 0 Å². The molecule has 1 aliphatic carbocycles. The summed E-state index contributed by atoms with van der Waals surface area (Å²) in [6.07, 6.45) is 8.73. The molecule has 1 saturated carbocycles. The third kappa shape index (κ3) is 6.95. The summed E-state index contributed by atoms with van der Waals surface area (Å²) < 4.78 is 67.9. The van der Waals surface area contributed by atoms with Crippen LogP contribution in [0.15, 0.2) is 68.1 Å². The van der Waals surface area contributed by atoms with Gasteiger partial charge in [-0.2, -0.15) is 0 Å². The van der Waals surface area contributed by atoms with E-state index in [2.05, 4.69) is 48.5 Å². The Kier molecular flexibility index (Phi) is 8.75. The van der Waals surface area contributed by atoms with Gasteiger partial charge in [-0.1, -0.05) is 37.1 Å². The number of halogens is 2. The van der Waals surface area contributed by atoms with Crippen molar-refractivity contribution in [3.05, 3.63) is 48.5 Å². The molecule has 6 rings (SSSR count). The predicted molar refractivity (Wildman–Crippen MR) is 96.0 cm³/mol. The average molecular weight is 525 g/mol. The van der Waals surface area contributed by atoms with E-state index in [9.17, 15) is 0 Å². The normalized spacial score (nSPS) is 26.0. The minimum absolute atomic E-state index is 0.336. The maximum Gasteiger partial charge on any atom is 0.216 e. The molecule has 0 aromatic heterocycles. The van der Waals surface area contributed by atoms with Crippen LogP contribution >= 0.6 is 0 Å². The van der Waals surface area contributed by atoms with Crippen LogP contribution in [0, 0.1) is 20.5 Å². The lowest BCUT2D eigenvalue weighted by Crippen LogP contribution is -2.68. The number of rotatable bonds is 0. The summed E-state index contributed by atoms with van der Waals surface area (Å²) in [6.45, 7) is 0. The highest BCUT2D eigenvalue weighted by molar-refractivity contribution is 8.06. The van der Waals surface area contributed by atoms with Crippen LogP contribution in [0.4, 0.5) is 0 Å². The molecule has 0 N–H and O–H groups in total. The summed E-state index contributed by atoms with van der Waals surface area (Å²) in [7, 11) is -9.22. The van der Waals surface area contributed by atoms with Gasteiger partial charge in [-0.25, -0.2) is 37.3 Å². The van der Waals surface area contributed by atoms with Gasteiger partial charge in [0.25, 0.3) is 0 Å². The maximum atomic E-state index is 8.49. The van der Waals surface area contributed by atoms with Crippen LogP contribution in [-0.4, -0.2) is 10.5 Å². The molecule has 2 atom stereocenters. The molecule has 8 nitrogen and oxygen atoms in total. The minimum Gasteiger partial charge on any atom is -0.222 e. The molecule has 2 aromatic rings. The van der Waals surface area contributed by atoms with E-state index in [1.165, 1.54) is 38.5 Å². The Bertz CT molecular complexity index is 774. The second-order valence-electron chi connectivity index (χ2n) is 7.39. The molecule has 2 aromatic carbocycles. The monoisotopic (exact) mass is 524 g/mol. The van der Waals surface area contributed by atoms with E-state index in [1.54, 1.807) is 19.6 Å². The first kappa shape index (κ1) is 26.0. The lowest BCUT2D eigenvalue weighted by atomic mass is 10.00. The highest BCUT2D eigenvalue weighted by Crippen LogP contribution is 2.55. The summed E-state index contributed by atoms with van der Waals surface area (Å²) in [6, 6.07) is 18.8. The van der Waals surface area contributed by atoms with Gasteiger partial charge in [-0.05, 0) is 37.1 Å². The molecule has 3 heterocycles. The van der Waals surface area contributed by atoms with Crippen molar-refractivity contribution in [3.63, 3.8) is 0 Å². The van der Waals surface area contributed by atoms with Gasteiger partial charge in [0, 0.05) is 12.8 Å². The summed E-state index contributed by atoms with van der Waals surface area (Å²) in [5, 5.41) is 1.85. The molecule has 3 aliphatic heterocycles. The lowest BCUT2D eigenvalue weighted by Gasteiger charge is -2.37. The van der Waals surface area contributed by atoms with Gasteiger partial charge >= 0.3 is 0 Å². The van der Waals surface area contributed by atoms with Gasteiger partial charge < -0.3 is 0 Å². The minimum atomic E-state index is -4.94. The van der Waals surface area contributed by atoms with E-state index < -0.39 is 20.5 Å². The van der Waals surface area contributed by atoms with Crippen LogP contribution < -0.4 is 37.3 Å². The zero-order valence-electron chi connectivity index (χ0n) is 16.9. The van der Waals surface area contributed by atoms with Crippen LogP contribution in [0.2, 0.25) is 0 Å². The molecular formula is C20H22Cl2O8S2. The Morgan fingerprint density at radius 2 is 0.750 bits per heavy atom. The number of hydrogen-bond donors (Lipinski definition) is 0. The van der Waals surface area contributed by atoms with Gasteiger partial charge in [0.05, 0.1) is 21.8 Å². The fourth-order valence-electron chi connectivity index (χ4n) is 4.47. The second-order valence-corrected chi connectivity index (χ2v) is 13.2. The Balaban J connectivity index is 0.000000246. The van der Waals surface area contributed by atoms with Gasteiger partial charge in [0.1, 0.15) is 0 Å². The molecule has 32 heavy (non-hydrogen) atoms. The molecule has 0 spiro atoms. The molecule has 0 amide bonds. The van der Waals surface area contributed by atoms with Gasteiger partial charge in [-0.15, -0.1) is 20.5 Å². The molecule has 2 bridgehead atoms. The van der Waals surface area contributed by atoms with E-state index in [1.807, 2.05) is 0 Å². The zero-order valence-corrected chi connectivity index (χ0v) is 20.0. The Morgan fingerprint density at radius 3 is 1.00 bits per heavy atom. The van der Waals surface area contributed by atoms with Crippen LogP contribution in [-0.2, 0) is 21.8 Å². The highest BCUT2D eigenvalue weighted by Gasteiger charge is 2.64. The molecule has 12 heteroatoms. The van der Waals surface area contributed by atoms with E-state index in [0.29, 0.717) is 21.8 Å². The lowest BCUT2D eigenvalue weighted by molar-refractivity contribution is -2.00. The van der Waals surface area contributed by atoms with Crippen LogP contribution in [0.1, 0.15) is 38.5 Å². The van der Waals surface area contributed by atoms with E-state index in [-0.39, 0.29) is 0 Å².